The molecule has 1 aromatic rings. The summed E-state index contributed by atoms with van der Waals surface area (Å²) in [5.41, 5.74) is 8.83. The van der Waals surface area contributed by atoms with Gasteiger partial charge in [-0.25, -0.2) is 0 Å². The molecule has 0 aromatic heterocycles. The Labute approximate surface area is 97.0 Å². The molecule has 0 radical (unpaired) electrons. The Morgan fingerprint density at radius 2 is 1.94 bits per heavy atom. The van der Waals surface area contributed by atoms with E-state index in [1.807, 2.05) is 0 Å². The van der Waals surface area contributed by atoms with Crippen LogP contribution >= 0.6 is 0 Å². The zero-order valence-corrected chi connectivity index (χ0v) is 9.83. The quantitative estimate of drug-likeness (QED) is 0.719. The van der Waals surface area contributed by atoms with Crippen LogP contribution in [0.3, 0.4) is 0 Å². The van der Waals surface area contributed by atoms with E-state index in [1.54, 1.807) is 7.11 Å². The molecule has 1 aromatic carbocycles. The summed E-state index contributed by atoms with van der Waals surface area (Å²) in [5, 5.41) is 3.54. The highest BCUT2D eigenvalue weighted by molar-refractivity contribution is 5.36. The van der Waals surface area contributed by atoms with Gasteiger partial charge in [-0.15, -0.1) is 0 Å². The zero-order chi connectivity index (χ0) is 11.4. The summed E-state index contributed by atoms with van der Waals surface area (Å²) < 4.78 is 5.06. The molecule has 0 saturated carbocycles. The number of hydrogen-bond acceptors (Lipinski definition) is 3. The molecule has 0 heterocycles. The van der Waals surface area contributed by atoms with Crippen molar-refractivity contribution in [1.29, 1.82) is 0 Å². The minimum atomic E-state index is 0.0439. The summed E-state index contributed by atoms with van der Waals surface area (Å²) in [7, 11) is 1.72. The Kier molecular flexibility index (Phi) is 3.59. The van der Waals surface area contributed by atoms with Crippen LogP contribution in [-0.2, 0) is 17.6 Å². The highest BCUT2D eigenvalue weighted by Gasteiger charge is 2.34. The van der Waals surface area contributed by atoms with Crippen molar-refractivity contribution in [3.8, 4) is 0 Å². The lowest BCUT2D eigenvalue weighted by molar-refractivity contribution is 0.185. The van der Waals surface area contributed by atoms with Gasteiger partial charge < -0.3 is 15.8 Å². The third kappa shape index (κ3) is 2.26. The first-order chi connectivity index (χ1) is 7.79. The normalized spacial score (nSPS) is 17.4. The zero-order valence-electron chi connectivity index (χ0n) is 9.83. The van der Waals surface area contributed by atoms with E-state index in [4.69, 9.17) is 10.5 Å². The number of ether oxygens (including phenoxy) is 1. The van der Waals surface area contributed by atoms with Gasteiger partial charge in [0.1, 0.15) is 0 Å². The Balaban J connectivity index is 2.04. The van der Waals surface area contributed by atoms with Crippen LogP contribution < -0.4 is 11.1 Å². The summed E-state index contributed by atoms with van der Waals surface area (Å²) >= 11 is 0. The van der Waals surface area contributed by atoms with Crippen LogP contribution in [0.15, 0.2) is 24.3 Å². The van der Waals surface area contributed by atoms with Crippen molar-refractivity contribution in [2.24, 2.45) is 5.73 Å². The van der Waals surface area contributed by atoms with E-state index in [0.29, 0.717) is 6.54 Å². The van der Waals surface area contributed by atoms with Gasteiger partial charge in [0.05, 0.1) is 6.61 Å². The Bertz CT molecular complexity index is 327. The van der Waals surface area contributed by atoms with Gasteiger partial charge in [0, 0.05) is 25.7 Å². The van der Waals surface area contributed by atoms with Crippen molar-refractivity contribution in [3.05, 3.63) is 35.4 Å². The standard InChI is InChI=1S/C13H20N2O/c1-16-7-6-15-13(10-14)8-11-4-2-3-5-12(11)9-13/h2-5,15H,6-10,14H2,1H3. The summed E-state index contributed by atoms with van der Waals surface area (Å²) in [6.07, 6.45) is 2.06. The second kappa shape index (κ2) is 4.95. The molecule has 1 aliphatic carbocycles. The van der Waals surface area contributed by atoms with Gasteiger partial charge in [0.25, 0.3) is 0 Å². The molecular formula is C13H20N2O. The molecule has 0 fully saturated rings. The largest absolute Gasteiger partial charge is 0.383 e. The molecule has 0 bridgehead atoms. The van der Waals surface area contributed by atoms with Crippen molar-refractivity contribution in [3.63, 3.8) is 0 Å². The average Bonchev–Trinajstić information content (AvgIpc) is 2.68. The molecule has 88 valence electrons. The van der Waals surface area contributed by atoms with E-state index in [-0.39, 0.29) is 5.54 Å². The van der Waals surface area contributed by atoms with Crippen LogP contribution in [0.2, 0.25) is 0 Å². The lowest BCUT2D eigenvalue weighted by atomic mass is 9.96. The highest BCUT2D eigenvalue weighted by atomic mass is 16.5. The average molecular weight is 220 g/mol. The number of methoxy groups -OCH3 is 1. The lowest BCUT2D eigenvalue weighted by Gasteiger charge is -2.28. The Hall–Kier alpha value is -0.900. The molecule has 3 N–H and O–H groups in total. The monoisotopic (exact) mass is 220 g/mol. The van der Waals surface area contributed by atoms with Crippen LogP contribution in [0.1, 0.15) is 11.1 Å². The van der Waals surface area contributed by atoms with Crippen LogP contribution in [0.4, 0.5) is 0 Å². The van der Waals surface area contributed by atoms with Gasteiger partial charge in [0.15, 0.2) is 0 Å². The maximum atomic E-state index is 5.93. The first-order valence-corrected chi connectivity index (χ1v) is 5.80. The van der Waals surface area contributed by atoms with Crippen LogP contribution in [0, 0.1) is 0 Å². The van der Waals surface area contributed by atoms with Crippen molar-refractivity contribution < 1.29 is 4.74 Å². The number of nitrogens with two attached hydrogens (primary N) is 1. The second-order valence-corrected chi connectivity index (χ2v) is 4.53. The van der Waals surface area contributed by atoms with Gasteiger partial charge in [-0.05, 0) is 24.0 Å². The van der Waals surface area contributed by atoms with Gasteiger partial charge >= 0.3 is 0 Å². The number of nitrogens with one attached hydrogen (secondary N) is 1. The predicted octanol–water partition coefficient (Wildman–Crippen LogP) is 0.719. The number of fused-ring (bicyclic) bond motifs is 1. The fraction of sp³-hybridized carbons (Fsp3) is 0.538. The molecule has 2 rings (SSSR count). The number of hydrogen-bond donors (Lipinski definition) is 2. The van der Waals surface area contributed by atoms with Gasteiger partial charge in [-0.1, -0.05) is 24.3 Å². The summed E-state index contributed by atoms with van der Waals surface area (Å²) in [4.78, 5) is 0. The molecule has 0 saturated heterocycles. The van der Waals surface area contributed by atoms with Crippen molar-refractivity contribution in [2.75, 3.05) is 26.8 Å². The minimum Gasteiger partial charge on any atom is -0.383 e. The maximum Gasteiger partial charge on any atom is 0.0587 e. The van der Waals surface area contributed by atoms with Crippen LogP contribution in [-0.4, -0.2) is 32.3 Å². The smallest absolute Gasteiger partial charge is 0.0587 e. The Morgan fingerprint density at radius 1 is 1.31 bits per heavy atom. The van der Waals surface area contributed by atoms with Crippen molar-refractivity contribution >= 4 is 0 Å². The summed E-state index contributed by atoms with van der Waals surface area (Å²) in [6.45, 7) is 2.27. The van der Waals surface area contributed by atoms with E-state index in [2.05, 4.69) is 29.6 Å². The lowest BCUT2D eigenvalue weighted by Crippen LogP contribution is -2.53. The summed E-state index contributed by atoms with van der Waals surface area (Å²) in [5.74, 6) is 0. The third-order valence-corrected chi connectivity index (χ3v) is 3.37. The highest BCUT2D eigenvalue weighted by Crippen LogP contribution is 2.29. The molecule has 16 heavy (non-hydrogen) atoms. The van der Waals surface area contributed by atoms with Gasteiger partial charge in [0.2, 0.25) is 0 Å². The molecule has 0 unspecified atom stereocenters. The first-order valence-electron chi connectivity index (χ1n) is 5.80. The van der Waals surface area contributed by atoms with Crippen LogP contribution in [0.25, 0.3) is 0 Å². The van der Waals surface area contributed by atoms with E-state index >= 15 is 0 Å². The molecule has 3 nitrogen and oxygen atoms in total. The topological polar surface area (TPSA) is 47.3 Å². The first kappa shape index (κ1) is 11.6. The molecule has 0 spiro atoms. The predicted molar refractivity (Wildman–Crippen MR) is 65.5 cm³/mol. The Morgan fingerprint density at radius 3 is 2.44 bits per heavy atom. The van der Waals surface area contributed by atoms with Crippen molar-refractivity contribution in [1.82, 2.24) is 5.32 Å². The fourth-order valence-corrected chi connectivity index (χ4v) is 2.45. The van der Waals surface area contributed by atoms with E-state index < -0.39 is 0 Å². The van der Waals surface area contributed by atoms with Gasteiger partial charge in [-0.3, -0.25) is 0 Å². The van der Waals surface area contributed by atoms with Crippen LogP contribution in [0.5, 0.6) is 0 Å². The van der Waals surface area contributed by atoms with E-state index in [0.717, 1.165) is 26.0 Å². The fourth-order valence-electron chi connectivity index (χ4n) is 2.45. The SMILES string of the molecule is COCCNC1(CN)Cc2ccccc2C1. The number of benzene rings is 1. The molecule has 1 aliphatic rings. The maximum absolute atomic E-state index is 5.93. The van der Waals surface area contributed by atoms with Gasteiger partial charge in [-0.2, -0.15) is 0 Å². The molecule has 0 amide bonds. The number of rotatable bonds is 5. The van der Waals surface area contributed by atoms with E-state index in [9.17, 15) is 0 Å². The third-order valence-electron chi connectivity index (χ3n) is 3.37. The minimum absolute atomic E-state index is 0.0439. The molecule has 0 aliphatic heterocycles. The second-order valence-electron chi connectivity index (χ2n) is 4.53. The summed E-state index contributed by atoms with van der Waals surface area (Å²) in [6, 6.07) is 8.59. The van der Waals surface area contributed by atoms with Crippen molar-refractivity contribution in [2.45, 2.75) is 18.4 Å². The van der Waals surface area contributed by atoms with E-state index in [1.165, 1.54) is 11.1 Å². The molecule has 3 heteroatoms. The molecule has 0 atom stereocenters. The molecular weight excluding hydrogens is 200 g/mol.